The minimum Gasteiger partial charge on any atom is -0.452 e. The van der Waals surface area contributed by atoms with Gasteiger partial charge in [0.1, 0.15) is 0 Å². The van der Waals surface area contributed by atoms with Gasteiger partial charge in [-0.1, -0.05) is 0 Å². The van der Waals surface area contributed by atoms with Crippen molar-refractivity contribution in [2.24, 2.45) is 0 Å². The summed E-state index contributed by atoms with van der Waals surface area (Å²) < 4.78 is 4.18. The van der Waals surface area contributed by atoms with Crippen molar-refractivity contribution >= 4 is 12.0 Å². The lowest BCUT2D eigenvalue weighted by atomic mass is 10.7. The van der Waals surface area contributed by atoms with Crippen LogP contribution in [-0.2, 0) is 9.53 Å². The molecule has 0 aromatic rings. The molecule has 3 N–H and O–H groups in total. The number of ether oxygens (including phenoxy) is 1. The van der Waals surface area contributed by atoms with E-state index in [1.165, 1.54) is 14.0 Å². The van der Waals surface area contributed by atoms with Crippen LogP contribution in [0.15, 0.2) is 0 Å². The first-order valence-electron chi connectivity index (χ1n) is 3.27. The number of hydrogen-bond donors (Lipinski definition) is 3. The monoisotopic (exact) mass is 177 g/mol. The molecule has 0 atom stereocenters. The van der Waals surface area contributed by atoms with Crippen LogP contribution in [-0.4, -0.2) is 33.2 Å². The predicted octanol–water partition coefficient (Wildman–Crippen LogP) is -0.771. The summed E-state index contributed by atoms with van der Waals surface area (Å²) in [7, 11) is 4.48. The Bertz CT molecular complexity index is 138. The van der Waals surface area contributed by atoms with Crippen LogP contribution in [0.25, 0.3) is 0 Å². The summed E-state index contributed by atoms with van der Waals surface area (Å²) in [5, 5.41) is 2.39. The maximum Gasteiger partial charge on any atom is 0.421 e. The summed E-state index contributed by atoms with van der Waals surface area (Å²) in [6, 6.07) is 0. The molecule has 0 aliphatic rings. The van der Waals surface area contributed by atoms with E-state index in [1.54, 1.807) is 14.1 Å². The number of hydrogen-bond acceptors (Lipinski definition) is 4. The maximum atomic E-state index is 10.0. The molecule has 0 aliphatic heterocycles. The fourth-order valence-electron chi connectivity index (χ4n) is 0.153. The van der Waals surface area contributed by atoms with E-state index >= 15 is 0 Å². The van der Waals surface area contributed by atoms with E-state index in [-0.39, 0.29) is 5.91 Å². The summed E-state index contributed by atoms with van der Waals surface area (Å²) in [6.45, 7) is 1.47. The minimum absolute atomic E-state index is 0.00463. The number of carbonyl (C=O) groups excluding carboxylic acids is 2. The molecule has 0 bridgehead atoms. The van der Waals surface area contributed by atoms with Crippen molar-refractivity contribution in [2.45, 2.75) is 6.92 Å². The lowest BCUT2D eigenvalue weighted by Gasteiger charge is -1.96. The number of carbonyl (C=O) groups is 2. The molecule has 0 unspecified atom stereocenters. The first kappa shape index (κ1) is 13.3. The summed E-state index contributed by atoms with van der Waals surface area (Å²) in [4.78, 5) is 19.7. The van der Waals surface area contributed by atoms with Crippen LogP contribution in [0.1, 0.15) is 6.92 Å². The van der Waals surface area contributed by atoms with Crippen molar-refractivity contribution in [3.05, 3.63) is 0 Å². The van der Waals surface area contributed by atoms with Gasteiger partial charge in [-0.2, -0.15) is 0 Å². The third kappa shape index (κ3) is 15.9. The highest BCUT2D eigenvalue weighted by Gasteiger charge is 1.89. The third-order valence-electron chi connectivity index (χ3n) is 0.765. The highest BCUT2D eigenvalue weighted by atomic mass is 16.5. The van der Waals surface area contributed by atoms with E-state index in [1.807, 2.05) is 0 Å². The maximum absolute atomic E-state index is 10.0. The van der Waals surface area contributed by atoms with Crippen molar-refractivity contribution in [3.8, 4) is 0 Å². The molecule has 0 aromatic heterocycles. The van der Waals surface area contributed by atoms with E-state index in [9.17, 15) is 9.59 Å². The first-order valence-corrected chi connectivity index (χ1v) is 3.27. The van der Waals surface area contributed by atoms with E-state index in [0.29, 0.717) is 0 Å². The summed E-state index contributed by atoms with van der Waals surface area (Å²) in [6.07, 6.45) is -0.484. The SMILES string of the molecule is CNC(C)=O.CNNC(=O)OC. The van der Waals surface area contributed by atoms with E-state index in [2.05, 4.69) is 20.9 Å². The molecule has 0 aromatic carbocycles. The Morgan fingerprint density at radius 1 is 1.25 bits per heavy atom. The Hall–Kier alpha value is -1.30. The van der Waals surface area contributed by atoms with Gasteiger partial charge in [-0.15, -0.1) is 0 Å². The Labute approximate surface area is 71.6 Å². The van der Waals surface area contributed by atoms with Crippen molar-refractivity contribution in [3.63, 3.8) is 0 Å². The zero-order chi connectivity index (χ0) is 9.98. The van der Waals surface area contributed by atoms with Crippen LogP contribution in [0.4, 0.5) is 4.79 Å². The van der Waals surface area contributed by atoms with Crippen LogP contribution < -0.4 is 16.2 Å². The smallest absolute Gasteiger partial charge is 0.421 e. The number of hydrazine groups is 1. The Kier molecular flexibility index (Phi) is 10.8. The summed E-state index contributed by atoms with van der Waals surface area (Å²) in [5.74, 6) is 0.00463. The van der Waals surface area contributed by atoms with Gasteiger partial charge in [-0.3, -0.25) is 10.2 Å². The normalized spacial score (nSPS) is 7.33. The fraction of sp³-hybridized carbons (Fsp3) is 0.667. The number of rotatable bonds is 1. The molecule has 6 heteroatoms. The highest BCUT2D eigenvalue weighted by Crippen LogP contribution is 1.62. The second-order valence-corrected chi connectivity index (χ2v) is 1.67. The first-order chi connectivity index (χ1) is 5.58. The van der Waals surface area contributed by atoms with Crippen LogP contribution in [0.3, 0.4) is 0 Å². The quantitative estimate of drug-likeness (QED) is 0.459. The zero-order valence-corrected chi connectivity index (χ0v) is 7.72. The molecule has 72 valence electrons. The van der Waals surface area contributed by atoms with Gasteiger partial charge < -0.3 is 10.1 Å². The average molecular weight is 177 g/mol. The number of methoxy groups -OCH3 is 1. The van der Waals surface area contributed by atoms with E-state index < -0.39 is 6.09 Å². The van der Waals surface area contributed by atoms with Gasteiger partial charge in [0.05, 0.1) is 7.11 Å². The molecule has 2 amide bonds. The molecule has 6 nitrogen and oxygen atoms in total. The second kappa shape index (κ2) is 9.70. The minimum atomic E-state index is -0.484. The zero-order valence-electron chi connectivity index (χ0n) is 7.72. The largest absolute Gasteiger partial charge is 0.452 e. The molecule has 0 heterocycles. The van der Waals surface area contributed by atoms with Gasteiger partial charge in [-0.05, 0) is 0 Å². The third-order valence-corrected chi connectivity index (χ3v) is 0.765. The lowest BCUT2D eigenvalue weighted by molar-refractivity contribution is -0.118. The van der Waals surface area contributed by atoms with Crippen LogP contribution in [0.2, 0.25) is 0 Å². The Morgan fingerprint density at radius 3 is 1.75 bits per heavy atom. The molecule has 0 saturated carbocycles. The number of nitrogens with one attached hydrogen (secondary N) is 3. The fourth-order valence-corrected chi connectivity index (χ4v) is 0.153. The molecule has 0 radical (unpaired) electrons. The van der Waals surface area contributed by atoms with Crippen molar-refractivity contribution in [1.82, 2.24) is 16.2 Å². The van der Waals surface area contributed by atoms with Crippen LogP contribution in [0, 0.1) is 0 Å². The molecule has 0 fully saturated rings. The predicted molar refractivity (Wildman–Crippen MR) is 44.3 cm³/mol. The van der Waals surface area contributed by atoms with Gasteiger partial charge in [-0.25, -0.2) is 10.2 Å². The molecule has 12 heavy (non-hydrogen) atoms. The molecule has 0 aliphatic carbocycles. The van der Waals surface area contributed by atoms with Crippen molar-refractivity contribution in [1.29, 1.82) is 0 Å². The molecule has 0 rings (SSSR count). The second-order valence-electron chi connectivity index (χ2n) is 1.67. The lowest BCUT2D eigenvalue weighted by Crippen LogP contribution is -2.33. The van der Waals surface area contributed by atoms with E-state index in [4.69, 9.17) is 0 Å². The van der Waals surface area contributed by atoms with Gasteiger partial charge in [0.2, 0.25) is 5.91 Å². The van der Waals surface area contributed by atoms with E-state index in [0.717, 1.165) is 0 Å². The Morgan fingerprint density at radius 2 is 1.67 bits per heavy atom. The van der Waals surface area contributed by atoms with Gasteiger partial charge in [0, 0.05) is 21.0 Å². The average Bonchev–Trinajstić information content (AvgIpc) is 2.06. The molecule has 0 spiro atoms. The van der Waals surface area contributed by atoms with Crippen LogP contribution >= 0.6 is 0 Å². The van der Waals surface area contributed by atoms with Gasteiger partial charge in [0.15, 0.2) is 0 Å². The van der Waals surface area contributed by atoms with Gasteiger partial charge >= 0.3 is 6.09 Å². The summed E-state index contributed by atoms with van der Waals surface area (Å²) in [5.41, 5.74) is 4.58. The van der Waals surface area contributed by atoms with Crippen LogP contribution in [0.5, 0.6) is 0 Å². The standard InChI is InChI=1S/C3H8N2O2.C3H7NO/c1-4-5-3(6)7-2;1-3(5)4-2/h4H,1-2H3,(H,5,6);1-2H3,(H,4,5). The molecule has 0 saturated heterocycles. The molecular weight excluding hydrogens is 162 g/mol. The topological polar surface area (TPSA) is 79.5 Å². The Balaban J connectivity index is 0. The number of amides is 2. The molecular formula is C6H15N3O3. The summed E-state index contributed by atoms with van der Waals surface area (Å²) >= 11 is 0. The van der Waals surface area contributed by atoms with Gasteiger partial charge in [0.25, 0.3) is 0 Å². The van der Waals surface area contributed by atoms with Crippen molar-refractivity contribution in [2.75, 3.05) is 21.2 Å². The van der Waals surface area contributed by atoms with Crippen molar-refractivity contribution < 1.29 is 14.3 Å². The highest BCUT2D eigenvalue weighted by molar-refractivity contribution is 5.72.